The average Bonchev–Trinajstić information content (AvgIpc) is 3.61. The maximum atomic E-state index is 12.8. The first-order chi connectivity index (χ1) is 26.9. The number of likely N-dealkylation sites (N-methyl/N-ethyl adjacent to an activating group) is 2. The number of rotatable bonds is 18. The van der Waals surface area contributed by atoms with Crippen LogP contribution in [0.25, 0.3) is 0 Å². The summed E-state index contributed by atoms with van der Waals surface area (Å²) in [5, 5.41) is 5.28. The van der Waals surface area contributed by atoms with E-state index in [-0.39, 0.29) is 65.6 Å². The second kappa shape index (κ2) is 26.3. The number of ether oxygens (including phenoxy) is 3. The molecule has 57 heavy (non-hydrogen) atoms. The van der Waals surface area contributed by atoms with E-state index in [0.29, 0.717) is 12.6 Å². The predicted octanol–water partition coefficient (Wildman–Crippen LogP) is 6.69. The Hall–Kier alpha value is -3.79. The highest BCUT2D eigenvalue weighted by atomic mass is 35.5. The topological polar surface area (TPSA) is 139 Å². The van der Waals surface area contributed by atoms with Gasteiger partial charge in [-0.15, -0.1) is 0 Å². The molecule has 1 aliphatic rings. The van der Waals surface area contributed by atoms with Crippen LogP contribution in [0.15, 0.2) is 42.6 Å². The summed E-state index contributed by atoms with van der Waals surface area (Å²) < 4.78 is 53.9. The molecule has 2 amide bonds. The van der Waals surface area contributed by atoms with E-state index in [4.69, 9.17) is 25.8 Å². The van der Waals surface area contributed by atoms with Crippen LogP contribution in [0.5, 0.6) is 0 Å². The van der Waals surface area contributed by atoms with E-state index in [2.05, 4.69) is 41.4 Å². The minimum atomic E-state index is -4.55. The van der Waals surface area contributed by atoms with Gasteiger partial charge in [0.15, 0.2) is 0 Å². The maximum absolute atomic E-state index is 12.8. The fourth-order valence-electron chi connectivity index (χ4n) is 6.57. The average molecular weight is 830 g/mol. The lowest BCUT2D eigenvalue weighted by molar-refractivity contribution is -0.146. The Bertz CT molecular complexity index is 1510. The van der Waals surface area contributed by atoms with Gasteiger partial charge < -0.3 is 39.4 Å². The lowest BCUT2D eigenvalue weighted by Gasteiger charge is -2.37. The smallest absolute Gasteiger partial charge is 0.417 e. The van der Waals surface area contributed by atoms with Gasteiger partial charge in [-0.1, -0.05) is 89.4 Å². The molecule has 0 spiro atoms. The molecular weight excluding hydrogens is 767 g/mol. The molecule has 0 bridgehead atoms. The SMILES string of the molecule is CCC.CCC(C)C(C(CC=O)OC)N(C)C(=O)CNc1ncc(C(F)(F)F)cc1Cl.COC(=O)[C@H](Cc1ccccc1)NC(=O)C(C)C(OC)C1CCCN1C. The molecule has 1 fully saturated rings. The first kappa shape index (κ1) is 51.2. The third-order valence-electron chi connectivity index (χ3n) is 9.87. The number of alkyl halides is 3. The maximum Gasteiger partial charge on any atom is 0.417 e. The van der Waals surface area contributed by atoms with Crippen LogP contribution in [0, 0.1) is 11.8 Å². The zero-order chi connectivity index (χ0) is 43.3. The van der Waals surface area contributed by atoms with Gasteiger partial charge in [0.05, 0.1) is 48.4 Å². The van der Waals surface area contributed by atoms with E-state index in [1.807, 2.05) is 51.1 Å². The number of nitrogens with zero attached hydrogens (tertiary/aromatic N) is 3. The highest BCUT2D eigenvalue weighted by molar-refractivity contribution is 6.33. The van der Waals surface area contributed by atoms with Gasteiger partial charge in [0, 0.05) is 46.3 Å². The minimum Gasteiger partial charge on any atom is -0.467 e. The number of pyridine rings is 1. The van der Waals surface area contributed by atoms with Gasteiger partial charge in [-0.2, -0.15) is 13.2 Å². The molecule has 1 aliphatic heterocycles. The van der Waals surface area contributed by atoms with Crippen molar-refractivity contribution in [3.63, 3.8) is 0 Å². The van der Waals surface area contributed by atoms with Crippen LogP contribution < -0.4 is 10.6 Å². The highest BCUT2D eigenvalue weighted by Crippen LogP contribution is 2.32. The molecule has 2 aromatic rings. The molecular formula is C41H63ClF3N5O7. The van der Waals surface area contributed by atoms with Crippen LogP contribution in [-0.4, -0.2) is 118 Å². The van der Waals surface area contributed by atoms with Crippen molar-refractivity contribution in [2.24, 2.45) is 11.8 Å². The fourth-order valence-corrected chi connectivity index (χ4v) is 6.80. The van der Waals surface area contributed by atoms with Gasteiger partial charge in [-0.3, -0.25) is 9.59 Å². The van der Waals surface area contributed by atoms with Crippen molar-refractivity contribution >= 4 is 41.5 Å². The standard InChI is InChI=1S/C20H30N2O4.C18H25ClF3N3O3.C3H8/c1-14(18(25-3)17-11-8-12-22(17)2)19(23)21-16(20(24)26-4)13-15-9-6-5-7-10-15;1-5-11(2)16(14(28-4)6-7-26)25(3)15(27)10-24-17-13(19)8-12(9-23-17)18(20,21)22;1-3-2/h5-7,9-10,14,16-18H,8,11-13H2,1-4H3,(H,21,23);7-9,11,14,16H,5-6,10H2,1-4H3,(H,23,24);3H2,1-2H3/t14?,16-,17?,18?;;/m0../s1. The van der Waals surface area contributed by atoms with Crippen molar-refractivity contribution in [2.45, 2.75) is 110 Å². The summed E-state index contributed by atoms with van der Waals surface area (Å²) in [4.78, 5) is 55.9. The van der Waals surface area contributed by atoms with Gasteiger partial charge in [-0.25, -0.2) is 9.78 Å². The molecule has 12 nitrogen and oxygen atoms in total. The van der Waals surface area contributed by atoms with E-state index in [1.165, 1.54) is 25.5 Å². The molecule has 1 aromatic heterocycles. The Morgan fingerprint density at radius 3 is 2.19 bits per heavy atom. The number of likely N-dealkylation sites (tertiary alicyclic amines) is 1. The monoisotopic (exact) mass is 829 g/mol. The molecule has 0 radical (unpaired) electrons. The molecule has 6 unspecified atom stereocenters. The third-order valence-corrected chi connectivity index (χ3v) is 10.2. The Morgan fingerprint density at radius 1 is 1.09 bits per heavy atom. The first-order valence-corrected chi connectivity index (χ1v) is 19.7. The molecule has 1 saturated heterocycles. The van der Waals surface area contributed by atoms with Crippen LogP contribution >= 0.6 is 11.6 Å². The molecule has 7 atom stereocenters. The summed E-state index contributed by atoms with van der Waals surface area (Å²) in [5.74, 6) is -1.30. The van der Waals surface area contributed by atoms with Crippen molar-refractivity contribution in [2.75, 3.05) is 53.8 Å². The molecule has 16 heteroatoms. The summed E-state index contributed by atoms with van der Waals surface area (Å²) in [6.07, 6.45) is 0.831. The van der Waals surface area contributed by atoms with Crippen LogP contribution in [0.3, 0.4) is 0 Å². The summed E-state index contributed by atoms with van der Waals surface area (Å²) in [5.41, 5.74) is -0.00482. The van der Waals surface area contributed by atoms with Crippen LogP contribution in [0.2, 0.25) is 5.02 Å². The molecule has 1 aromatic carbocycles. The Labute approximate surface area is 341 Å². The number of esters is 1. The van der Waals surface area contributed by atoms with Gasteiger partial charge in [0.2, 0.25) is 11.8 Å². The van der Waals surface area contributed by atoms with E-state index in [9.17, 15) is 32.3 Å². The predicted molar refractivity (Wildman–Crippen MR) is 216 cm³/mol. The number of benzene rings is 1. The number of halogens is 4. The molecule has 2 N–H and O–H groups in total. The molecule has 2 heterocycles. The van der Waals surface area contributed by atoms with E-state index in [0.717, 1.165) is 43.7 Å². The lowest BCUT2D eigenvalue weighted by Crippen LogP contribution is -2.51. The first-order valence-electron chi connectivity index (χ1n) is 19.3. The van der Waals surface area contributed by atoms with E-state index < -0.39 is 29.9 Å². The quantitative estimate of drug-likeness (QED) is 0.123. The zero-order valence-electron chi connectivity index (χ0n) is 35.0. The van der Waals surface area contributed by atoms with Crippen molar-refractivity contribution in [1.29, 1.82) is 0 Å². The number of nitrogens with one attached hydrogen (secondary N) is 2. The minimum absolute atomic E-state index is 0.0207. The summed E-state index contributed by atoms with van der Waals surface area (Å²) in [6, 6.07) is 9.49. The summed E-state index contributed by atoms with van der Waals surface area (Å²) >= 11 is 5.84. The zero-order valence-corrected chi connectivity index (χ0v) is 35.8. The van der Waals surface area contributed by atoms with Crippen LogP contribution in [0.1, 0.15) is 77.8 Å². The van der Waals surface area contributed by atoms with Gasteiger partial charge >= 0.3 is 12.1 Å². The molecule has 3 rings (SSSR count). The number of carbonyl (C=O) groups excluding carboxylic acids is 4. The van der Waals surface area contributed by atoms with Crippen molar-refractivity contribution in [1.82, 2.24) is 20.1 Å². The number of anilines is 1. The lowest BCUT2D eigenvalue weighted by atomic mass is 9.91. The van der Waals surface area contributed by atoms with Crippen LogP contribution in [0.4, 0.5) is 19.0 Å². The summed E-state index contributed by atoms with van der Waals surface area (Å²) in [7, 11) is 8.11. The van der Waals surface area contributed by atoms with E-state index >= 15 is 0 Å². The molecule has 322 valence electrons. The number of hydrogen-bond acceptors (Lipinski definition) is 10. The highest BCUT2D eigenvalue weighted by Gasteiger charge is 2.37. The van der Waals surface area contributed by atoms with E-state index in [1.54, 1.807) is 14.2 Å². The largest absolute Gasteiger partial charge is 0.467 e. The van der Waals surface area contributed by atoms with Crippen molar-refractivity contribution < 1.29 is 46.6 Å². The number of aldehydes is 1. The summed E-state index contributed by atoms with van der Waals surface area (Å²) in [6.45, 7) is 10.8. The Kier molecular flexibility index (Phi) is 23.6. The number of amides is 2. The molecule has 0 saturated carbocycles. The van der Waals surface area contributed by atoms with Gasteiger partial charge in [0.1, 0.15) is 18.1 Å². The van der Waals surface area contributed by atoms with Gasteiger partial charge in [-0.05, 0) is 44.0 Å². The molecule has 0 aliphatic carbocycles. The van der Waals surface area contributed by atoms with Crippen molar-refractivity contribution in [3.8, 4) is 0 Å². The Morgan fingerprint density at radius 2 is 1.72 bits per heavy atom. The second-order valence-corrected chi connectivity index (χ2v) is 14.5. The van der Waals surface area contributed by atoms with Crippen LogP contribution in [-0.2, 0) is 46.0 Å². The van der Waals surface area contributed by atoms with Crippen molar-refractivity contribution in [3.05, 3.63) is 58.7 Å². The number of aromatic nitrogens is 1. The third kappa shape index (κ3) is 16.5. The second-order valence-electron chi connectivity index (χ2n) is 14.1. The normalized spacial score (nSPS) is 17.2. The number of hydrogen-bond donors (Lipinski definition) is 2. The van der Waals surface area contributed by atoms with Gasteiger partial charge in [0.25, 0.3) is 0 Å². The Balaban J connectivity index is 0.000000534. The number of carbonyl (C=O) groups is 4. The number of methoxy groups -OCH3 is 3. The fraction of sp³-hybridized carbons (Fsp3) is 0.634.